The highest BCUT2D eigenvalue weighted by atomic mass is 16.5. The molecule has 0 aliphatic carbocycles. The summed E-state index contributed by atoms with van der Waals surface area (Å²) in [5.74, 6) is 0.828. The smallest absolute Gasteiger partial charge is 0.137 e. The van der Waals surface area contributed by atoms with Gasteiger partial charge < -0.3 is 14.8 Å². The molecule has 1 aromatic heterocycles. The Labute approximate surface area is 115 Å². The van der Waals surface area contributed by atoms with Crippen LogP contribution in [0, 0.1) is 0 Å². The Morgan fingerprint density at radius 1 is 1.42 bits per heavy atom. The van der Waals surface area contributed by atoms with Gasteiger partial charge in [0.05, 0.1) is 31.1 Å². The number of ether oxygens (including phenoxy) is 2. The van der Waals surface area contributed by atoms with E-state index in [4.69, 9.17) is 9.47 Å². The molecule has 0 aromatic carbocycles. The molecule has 1 fully saturated rings. The van der Waals surface area contributed by atoms with Gasteiger partial charge in [0, 0.05) is 6.20 Å². The van der Waals surface area contributed by atoms with Crippen LogP contribution in [0.3, 0.4) is 0 Å². The average Bonchev–Trinajstić information content (AvgIpc) is 2.83. The van der Waals surface area contributed by atoms with Crippen LogP contribution in [-0.4, -0.2) is 30.3 Å². The van der Waals surface area contributed by atoms with E-state index in [1.165, 1.54) is 0 Å². The van der Waals surface area contributed by atoms with Crippen LogP contribution in [0.15, 0.2) is 18.5 Å². The Kier molecular flexibility index (Phi) is 5.16. The van der Waals surface area contributed by atoms with Crippen LogP contribution in [0.1, 0.15) is 45.2 Å². The van der Waals surface area contributed by atoms with E-state index in [2.05, 4.69) is 30.2 Å². The van der Waals surface area contributed by atoms with Gasteiger partial charge in [0.15, 0.2) is 0 Å². The molecule has 2 rings (SSSR count). The summed E-state index contributed by atoms with van der Waals surface area (Å²) in [6, 6.07) is 2.26. The standard InChI is InChI=1S/C15H24N2O2/c1-4-17-15(14-7-6-11(3)19-14)12-8-13(18-5-2)10-16-9-12/h8-11,14-15,17H,4-7H2,1-3H3. The zero-order valence-electron chi connectivity index (χ0n) is 12.1. The first-order valence-electron chi connectivity index (χ1n) is 7.21. The van der Waals surface area contributed by atoms with Gasteiger partial charge in [-0.25, -0.2) is 0 Å². The highest BCUT2D eigenvalue weighted by Gasteiger charge is 2.30. The number of rotatable bonds is 6. The summed E-state index contributed by atoms with van der Waals surface area (Å²) in [7, 11) is 0. The van der Waals surface area contributed by atoms with E-state index in [1.807, 2.05) is 13.1 Å². The second-order valence-electron chi connectivity index (χ2n) is 4.98. The molecule has 4 heteroatoms. The number of likely N-dealkylation sites (N-methyl/N-ethyl adjacent to an activating group) is 1. The molecule has 1 saturated heterocycles. The molecule has 106 valence electrons. The fourth-order valence-electron chi connectivity index (χ4n) is 2.61. The molecule has 1 aliphatic heterocycles. The van der Waals surface area contributed by atoms with E-state index < -0.39 is 0 Å². The maximum atomic E-state index is 6.00. The molecule has 19 heavy (non-hydrogen) atoms. The average molecular weight is 264 g/mol. The highest BCUT2D eigenvalue weighted by molar-refractivity contribution is 5.27. The van der Waals surface area contributed by atoms with Crippen LogP contribution in [0.4, 0.5) is 0 Å². The monoisotopic (exact) mass is 264 g/mol. The molecule has 3 unspecified atom stereocenters. The summed E-state index contributed by atoms with van der Waals surface area (Å²) in [4.78, 5) is 4.28. The molecular formula is C15H24N2O2. The summed E-state index contributed by atoms with van der Waals surface area (Å²) < 4.78 is 11.5. The minimum absolute atomic E-state index is 0.197. The van der Waals surface area contributed by atoms with Crippen molar-refractivity contribution in [2.24, 2.45) is 0 Å². The van der Waals surface area contributed by atoms with Crippen molar-refractivity contribution in [2.45, 2.75) is 51.9 Å². The molecule has 1 aliphatic rings. The predicted molar refractivity (Wildman–Crippen MR) is 75.4 cm³/mol. The second kappa shape index (κ2) is 6.87. The second-order valence-corrected chi connectivity index (χ2v) is 4.98. The van der Waals surface area contributed by atoms with E-state index in [9.17, 15) is 0 Å². The van der Waals surface area contributed by atoms with E-state index in [0.717, 1.165) is 30.7 Å². The van der Waals surface area contributed by atoms with E-state index in [-0.39, 0.29) is 12.1 Å². The quantitative estimate of drug-likeness (QED) is 0.858. The maximum Gasteiger partial charge on any atom is 0.137 e. The Morgan fingerprint density at radius 2 is 2.26 bits per heavy atom. The third kappa shape index (κ3) is 3.67. The summed E-state index contributed by atoms with van der Waals surface area (Å²) in [5, 5.41) is 3.51. The molecule has 1 N–H and O–H groups in total. The van der Waals surface area contributed by atoms with Crippen LogP contribution >= 0.6 is 0 Å². The fraction of sp³-hybridized carbons (Fsp3) is 0.667. The van der Waals surface area contributed by atoms with Crippen molar-refractivity contribution in [3.63, 3.8) is 0 Å². The van der Waals surface area contributed by atoms with Gasteiger partial charge in [0.1, 0.15) is 5.75 Å². The van der Waals surface area contributed by atoms with Crippen LogP contribution in [0.25, 0.3) is 0 Å². The number of nitrogens with one attached hydrogen (secondary N) is 1. The lowest BCUT2D eigenvalue weighted by Gasteiger charge is -2.25. The molecule has 1 aromatic rings. The molecule has 4 nitrogen and oxygen atoms in total. The van der Waals surface area contributed by atoms with Crippen LogP contribution in [0.5, 0.6) is 5.75 Å². The van der Waals surface area contributed by atoms with Crippen LogP contribution in [0.2, 0.25) is 0 Å². The Morgan fingerprint density at radius 3 is 2.89 bits per heavy atom. The molecule has 0 spiro atoms. The normalized spacial score (nSPS) is 24.4. The first kappa shape index (κ1) is 14.3. The van der Waals surface area contributed by atoms with Gasteiger partial charge in [0.2, 0.25) is 0 Å². The van der Waals surface area contributed by atoms with Crippen molar-refractivity contribution in [3.8, 4) is 5.75 Å². The molecule has 3 atom stereocenters. The summed E-state index contributed by atoms with van der Waals surface area (Å²) in [5.41, 5.74) is 1.15. The SMILES string of the molecule is CCNC(c1cncc(OCC)c1)C1CCC(C)O1. The molecule has 0 radical (unpaired) electrons. The fourth-order valence-corrected chi connectivity index (χ4v) is 2.61. The number of hydrogen-bond acceptors (Lipinski definition) is 4. The lowest BCUT2D eigenvalue weighted by atomic mass is 10.0. The van der Waals surface area contributed by atoms with Crippen molar-refractivity contribution in [1.82, 2.24) is 10.3 Å². The topological polar surface area (TPSA) is 43.4 Å². The molecule has 0 amide bonds. The zero-order valence-corrected chi connectivity index (χ0v) is 12.1. The number of hydrogen-bond donors (Lipinski definition) is 1. The Bertz CT molecular complexity index is 397. The maximum absolute atomic E-state index is 6.00. The predicted octanol–water partition coefficient (Wildman–Crippen LogP) is 2.70. The Balaban J connectivity index is 2.15. The van der Waals surface area contributed by atoms with E-state index >= 15 is 0 Å². The lowest BCUT2D eigenvalue weighted by Crippen LogP contribution is -2.32. The third-order valence-corrected chi connectivity index (χ3v) is 3.47. The van der Waals surface area contributed by atoms with Crippen molar-refractivity contribution in [2.75, 3.05) is 13.2 Å². The first-order chi connectivity index (χ1) is 9.24. The zero-order chi connectivity index (χ0) is 13.7. The minimum atomic E-state index is 0.197. The van der Waals surface area contributed by atoms with Gasteiger partial charge in [-0.05, 0) is 44.9 Å². The summed E-state index contributed by atoms with van der Waals surface area (Å²) in [6.45, 7) is 7.81. The third-order valence-electron chi connectivity index (χ3n) is 3.47. The molecule has 0 bridgehead atoms. The Hall–Kier alpha value is -1.13. The molecule has 2 heterocycles. The van der Waals surface area contributed by atoms with Gasteiger partial charge >= 0.3 is 0 Å². The van der Waals surface area contributed by atoms with E-state index in [1.54, 1.807) is 6.20 Å². The minimum Gasteiger partial charge on any atom is -0.492 e. The van der Waals surface area contributed by atoms with Crippen LogP contribution < -0.4 is 10.1 Å². The molecular weight excluding hydrogens is 240 g/mol. The van der Waals surface area contributed by atoms with Crippen molar-refractivity contribution in [3.05, 3.63) is 24.0 Å². The highest BCUT2D eigenvalue weighted by Crippen LogP contribution is 2.31. The van der Waals surface area contributed by atoms with Crippen molar-refractivity contribution in [1.29, 1.82) is 0 Å². The molecule has 0 saturated carbocycles. The number of pyridine rings is 1. The van der Waals surface area contributed by atoms with Crippen LogP contribution in [-0.2, 0) is 4.74 Å². The number of nitrogens with zero attached hydrogens (tertiary/aromatic N) is 1. The van der Waals surface area contributed by atoms with Gasteiger partial charge in [-0.1, -0.05) is 6.92 Å². The summed E-state index contributed by atoms with van der Waals surface area (Å²) in [6.07, 6.45) is 6.47. The van der Waals surface area contributed by atoms with Crippen molar-refractivity contribution < 1.29 is 9.47 Å². The van der Waals surface area contributed by atoms with Gasteiger partial charge in [-0.3, -0.25) is 4.98 Å². The van der Waals surface area contributed by atoms with E-state index in [0.29, 0.717) is 12.7 Å². The van der Waals surface area contributed by atoms with Gasteiger partial charge in [0.25, 0.3) is 0 Å². The van der Waals surface area contributed by atoms with Gasteiger partial charge in [-0.15, -0.1) is 0 Å². The summed E-state index contributed by atoms with van der Waals surface area (Å²) >= 11 is 0. The first-order valence-corrected chi connectivity index (χ1v) is 7.21. The van der Waals surface area contributed by atoms with Crippen molar-refractivity contribution >= 4 is 0 Å². The number of aromatic nitrogens is 1. The van der Waals surface area contributed by atoms with Gasteiger partial charge in [-0.2, -0.15) is 0 Å². The largest absolute Gasteiger partial charge is 0.492 e. The lowest BCUT2D eigenvalue weighted by molar-refractivity contribution is 0.0318.